The number of fused-ring (bicyclic) bond motifs is 1. The summed E-state index contributed by atoms with van der Waals surface area (Å²) in [6.45, 7) is 2.15. The number of hydrogen-bond acceptors (Lipinski definition) is 4. The summed E-state index contributed by atoms with van der Waals surface area (Å²) in [6.07, 6.45) is 1.65. The second-order valence-electron chi connectivity index (χ2n) is 7.63. The number of halogens is 2. The van der Waals surface area contributed by atoms with E-state index in [-0.39, 0.29) is 30.3 Å². The molecule has 1 aromatic carbocycles. The number of aromatic nitrogens is 1. The van der Waals surface area contributed by atoms with E-state index >= 15 is 0 Å². The van der Waals surface area contributed by atoms with Crippen LogP contribution in [0.25, 0.3) is 0 Å². The molecule has 29 heavy (non-hydrogen) atoms. The zero-order valence-electron chi connectivity index (χ0n) is 16.0. The first-order chi connectivity index (χ1) is 13.9. The van der Waals surface area contributed by atoms with Crippen LogP contribution in [0.5, 0.6) is 5.88 Å². The molecule has 2 aromatic rings. The van der Waals surface area contributed by atoms with Crippen molar-refractivity contribution in [1.82, 2.24) is 4.98 Å². The van der Waals surface area contributed by atoms with Crippen LogP contribution in [0.4, 0.5) is 10.1 Å². The molecule has 2 amide bonds. The average molecular weight is 418 g/mol. The van der Waals surface area contributed by atoms with E-state index < -0.39 is 11.3 Å². The van der Waals surface area contributed by atoms with E-state index in [1.54, 1.807) is 17.0 Å². The zero-order chi connectivity index (χ0) is 20.8. The number of carbonyl (C=O) groups excluding carboxylic acids is 2. The predicted octanol–water partition coefficient (Wildman–Crippen LogP) is 2.68. The van der Waals surface area contributed by atoms with Crippen molar-refractivity contribution >= 4 is 29.1 Å². The monoisotopic (exact) mass is 417 g/mol. The van der Waals surface area contributed by atoms with Gasteiger partial charge in [0.1, 0.15) is 24.0 Å². The van der Waals surface area contributed by atoms with E-state index in [2.05, 4.69) is 4.98 Å². The minimum atomic E-state index is -0.821. The van der Waals surface area contributed by atoms with Crippen molar-refractivity contribution in [1.29, 1.82) is 0 Å². The summed E-state index contributed by atoms with van der Waals surface area (Å²) < 4.78 is 19.1. The maximum absolute atomic E-state index is 13.3. The zero-order valence-corrected chi connectivity index (χ0v) is 16.7. The van der Waals surface area contributed by atoms with Gasteiger partial charge < -0.3 is 15.4 Å². The van der Waals surface area contributed by atoms with Crippen molar-refractivity contribution in [2.24, 2.45) is 5.73 Å². The third-order valence-corrected chi connectivity index (χ3v) is 5.80. The van der Waals surface area contributed by atoms with Gasteiger partial charge in [0.05, 0.1) is 17.2 Å². The lowest BCUT2D eigenvalue weighted by atomic mass is 9.92. The molecule has 2 N–H and O–H groups in total. The lowest BCUT2D eigenvalue weighted by Crippen LogP contribution is -2.46. The van der Waals surface area contributed by atoms with Gasteiger partial charge >= 0.3 is 0 Å². The molecule has 4 rings (SSSR count). The second kappa shape index (κ2) is 7.30. The van der Waals surface area contributed by atoms with Crippen LogP contribution in [0.15, 0.2) is 30.3 Å². The fourth-order valence-electron chi connectivity index (χ4n) is 3.86. The molecule has 0 saturated heterocycles. The number of nitrogens with zero attached hydrogens (tertiary/aromatic N) is 2. The molecule has 152 valence electrons. The molecule has 1 aliphatic carbocycles. The van der Waals surface area contributed by atoms with E-state index in [0.29, 0.717) is 36.5 Å². The predicted molar refractivity (Wildman–Crippen MR) is 107 cm³/mol. The van der Waals surface area contributed by atoms with Gasteiger partial charge in [-0.1, -0.05) is 12.1 Å². The average Bonchev–Trinajstić information content (AvgIpc) is 3.51. The van der Waals surface area contributed by atoms with Crippen LogP contribution in [0.3, 0.4) is 0 Å². The molecule has 1 atom stereocenters. The summed E-state index contributed by atoms with van der Waals surface area (Å²) in [4.78, 5) is 30.9. The summed E-state index contributed by atoms with van der Waals surface area (Å²) in [5.41, 5.74) is 7.58. The van der Waals surface area contributed by atoms with Crippen molar-refractivity contribution in [3.63, 3.8) is 0 Å². The van der Waals surface area contributed by atoms with Gasteiger partial charge in [0.15, 0.2) is 0 Å². The van der Waals surface area contributed by atoms with Crippen LogP contribution in [0.2, 0.25) is 0 Å². The third kappa shape index (κ3) is 3.44. The second-order valence-corrected chi connectivity index (χ2v) is 7.89. The molecule has 1 saturated carbocycles. The number of anilines is 1. The summed E-state index contributed by atoms with van der Waals surface area (Å²) in [5.74, 6) is -0.865. The normalized spacial score (nSPS) is 19.3. The van der Waals surface area contributed by atoms with E-state index in [1.807, 2.05) is 13.0 Å². The number of alkyl halides is 1. The third-order valence-electron chi connectivity index (χ3n) is 5.57. The molecule has 0 radical (unpaired) electrons. The number of rotatable bonds is 5. The maximum Gasteiger partial charge on any atom is 0.242 e. The topological polar surface area (TPSA) is 85.5 Å². The number of hydrogen-bond donors (Lipinski definition) is 1. The highest BCUT2D eigenvalue weighted by molar-refractivity contribution is 6.29. The van der Waals surface area contributed by atoms with Gasteiger partial charge in [0.2, 0.25) is 17.7 Å². The summed E-state index contributed by atoms with van der Waals surface area (Å²) in [6, 6.07) is 7.76. The molecule has 1 fully saturated rings. The van der Waals surface area contributed by atoms with E-state index in [9.17, 15) is 14.0 Å². The SMILES string of the molecule is CC1COc2nc(C3(C(N)=O)CC3)c(Cc3ccc(F)cc3)cc2N1C(=O)CCl. The Morgan fingerprint density at radius 1 is 1.34 bits per heavy atom. The first-order valence-electron chi connectivity index (χ1n) is 9.45. The molecule has 0 spiro atoms. The van der Waals surface area contributed by atoms with E-state index in [4.69, 9.17) is 22.1 Å². The number of carbonyl (C=O) groups is 2. The molecule has 2 heterocycles. The molecule has 2 aliphatic rings. The van der Waals surface area contributed by atoms with Crippen molar-refractivity contribution in [2.45, 2.75) is 37.6 Å². The Kier molecular flexibility index (Phi) is 4.94. The highest BCUT2D eigenvalue weighted by Crippen LogP contribution is 2.50. The van der Waals surface area contributed by atoms with Crippen LogP contribution in [0, 0.1) is 5.82 Å². The van der Waals surface area contributed by atoms with Crippen molar-refractivity contribution < 1.29 is 18.7 Å². The molecule has 1 aromatic heterocycles. The summed E-state index contributed by atoms with van der Waals surface area (Å²) in [5, 5.41) is 0. The van der Waals surface area contributed by atoms with Crippen LogP contribution < -0.4 is 15.4 Å². The first-order valence-corrected chi connectivity index (χ1v) is 9.99. The molecule has 1 unspecified atom stereocenters. The van der Waals surface area contributed by atoms with Gasteiger partial charge in [-0.2, -0.15) is 0 Å². The Labute approximate surface area is 172 Å². The van der Waals surface area contributed by atoms with Gasteiger partial charge in [-0.3, -0.25) is 9.59 Å². The van der Waals surface area contributed by atoms with Gasteiger partial charge in [0.25, 0.3) is 0 Å². The number of amides is 2. The Balaban J connectivity index is 1.84. The smallest absolute Gasteiger partial charge is 0.242 e. The Morgan fingerprint density at radius 3 is 2.62 bits per heavy atom. The number of benzene rings is 1. The summed E-state index contributed by atoms with van der Waals surface area (Å²) in [7, 11) is 0. The Morgan fingerprint density at radius 2 is 2.03 bits per heavy atom. The number of nitrogens with two attached hydrogens (primary N) is 1. The van der Waals surface area contributed by atoms with Crippen molar-refractivity contribution in [3.8, 4) is 5.88 Å². The fraction of sp³-hybridized carbons (Fsp3) is 0.381. The quantitative estimate of drug-likeness (QED) is 0.758. The van der Waals surface area contributed by atoms with Crippen LogP contribution >= 0.6 is 11.6 Å². The standard InChI is InChI=1S/C21H21ClFN3O3/c1-12-11-29-19-16(26(12)17(27)10-22)9-14(8-13-2-4-15(23)5-3-13)18(25-19)21(6-7-21)20(24)28/h2-5,9,12H,6-8,10-11H2,1H3,(H2,24,28). The van der Waals surface area contributed by atoms with Gasteiger partial charge in [0, 0.05) is 0 Å². The van der Waals surface area contributed by atoms with Gasteiger partial charge in [-0.25, -0.2) is 9.37 Å². The highest BCUT2D eigenvalue weighted by atomic mass is 35.5. The minimum Gasteiger partial charge on any atom is -0.474 e. The minimum absolute atomic E-state index is 0.163. The molecular formula is C21H21ClFN3O3. The Bertz CT molecular complexity index is 976. The molecule has 6 nitrogen and oxygen atoms in total. The van der Waals surface area contributed by atoms with Crippen molar-refractivity contribution in [3.05, 3.63) is 53.0 Å². The number of ether oxygens (including phenoxy) is 1. The lowest BCUT2D eigenvalue weighted by molar-refractivity contribution is -0.120. The van der Waals surface area contributed by atoms with E-state index in [1.165, 1.54) is 12.1 Å². The van der Waals surface area contributed by atoms with Crippen molar-refractivity contribution in [2.75, 3.05) is 17.4 Å². The molecule has 8 heteroatoms. The van der Waals surface area contributed by atoms with Crippen LogP contribution in [0.1, 0.15) is 36.6 Å². The van der Waals surface area contributed by atoms with Gasteiger partial charge in [-0.05, 0) is 55.5 Å². The summed E-state index contributed by atoms with van der Waals surface area (Å²) >= 11 is 5.81. The van der Waals surface area contributed by atoms with E-state index in [0.717, 1.165) is 11.1 Å². The number of pyridine rings is 1. The Hall–Kier alpha value is -2.67. The van der Waals surface area contributed by atoms with Crippen LogP contribution in [-0.2, 0) is 21.4 Å². The molecular weight excluding hydrogens is 397 g/mol. The molecule has 1 aliphatic heterocycles. The largest absolute Gasteiger partial charge is 0.474 e. The van der Waals surface area contributed by atoms with Crippen LogP contribution in [-0.4, -0.2) is 35.3 Å². The van der Waals surface area contributed by atoms with Gasteiger partial charge in [-0.15, -0.1) is 11.6 Å². The maximum atomic E-state index is 13.3. The first kappa shape index (κ1) is 19.6. The lowest BCUT2D eigenvalue weighted by Gasteiger charge is -2.35. The highest BCUT2D eigenvalue weighted by Gasteiger charge is 2.53. The number of primary amides is 1. The fourth-order valence-corrected chi connectivity index (χ4v) is 3.99. The molecule has 0 bridgehead atoms.